The fourth-order valence-corrected chi connectivity index (χ4v) is 4.01. The van der Waals surface area contributed by atoms with Gasteiger partial charge in [0.2, 0.25) is 10.0 Å². The van der Waals surface area contributed by atoms with E-state index in [2.05, 4.69) is 21.2 Å². The molecule has 4 nitrogen and oxygen atoms in total. The van der Waals surface area contributed by atoms with Crippen LogP contribution in [0.25, 0.3) is 0 Å². The van der Waals surface area contributed by atoms with Crippen LogP contribution in [-0.4, -0.2) is 38.4 Å². The normalized spacial score (nSPS) is 21.6. The van der Waals surface area contributed by atoms with Gasteiger partial charge in [0.05, 0.1) is 4.47 Å². The second kappa shape index (κ2) is 5.43. The van der Waals surface area contributed by atoms with Crippen molar-refractivity contribution in [3.8, 4) is 0 Å². The first-order chi connectivity index (χ1) is 8.84. The van der Waals surface area contributed by atoms with Gasteiger partial charge in [0.15, 0.2) is 0 Å². The van der Waals surface area contributed by atoms with Crippen molar-refractivity contribution < 1.29 is 17.2 Å². The first kappa shape index (κ1) is 14.8. The van der Waals surface area contributed by atoms with Crippen molar-refractivity contribution in [1.82, 2.24) is 9.62 Å². The van der Waals surface area contributed by atoms with Crippen molar-refractivity contribution in [1.29, 1.82) is 0 Å². The van der Waals surface area contributed by atoms with Crippen LogP contribution in [0.15, 0.2) is 21.5 Å². The lowest BCUT2D eigenvalue weighted by molar-refractivity contribution is 0.282. The standard InChI is InChI=1S/C11H13BrF2N2O2S/c1-7-6-15-2-3-16(7)19(17,18)11-5-9(13)8(12)4-10(11)14/h4-5,7,15H,2-3,6H2,1H3. The van der Waals surface area contributed by atoms with E-state index in [-0.39, 0.29) is 17.1 Å². The highest BCUT2D eigenvalue weighted by Gasteiger charge is 2.33. The van der Waals surface area contributed by atoms with E-state index in [1.165, 1.54) is 4.31 Å². The monoisotopic (exact) mass is 354 g/mol. The van der Waals surface area contributed by atoms with E-state index < -0.39 is 26.6 Å². The number of benzene rings is 1. The van der Waals surface area contributed by atoms with Crippen molar-refractivity contribution in [2.75, 3.05) is 19.6 Å². The van der Waals surface area contributed by atoms with Crippen LogP contribution in [-0.2, 0) is 10.0 Å². The number of sulfonamides is 1. The lowest BCUT2D eigenvalue weighted by Gasteiger charge is -2.32. The van der Waals surface area contributed by atoms with E-state index in [9.17, 15) is 17.2 Å². The maximum absolute atomic E-state index is 13.8. The van der Waals surface area contributed by atoms with Crippen LogP contribution in [0.5, 0.6) is 0 Å². The average Bonchev–Trinajstić information content (AvgIpc) is 2.34. The van der Waals surface area contributed by atoms with E-state index in [1.807, 2.05) is 0 Å². The molecule has 2 rings (SSSR count). The third kappa shape index (κ3) is 2.81. The lowest BCUT2D eigenvalue weighted by atomic mass is 10.3. The molecular weight excluding hydrogens is 342 g/mol. The van der Waals surface area contributed by atoms with Crippen LogP contribution >= 0.6 is 15.9 Å². The predicted molar refractivity (Wildman–Crippen MR) is 70.3 cm³/mol. The molecule has 0 aliphatic carbocycles. The van der Waals surface area contributed by atoms with E-state index in [0.29, 0.717) is 19.2 Å². The van der Waals surface area contributed by atoms with E-state index in [0.717, 1.165) is 6.07 Å². The molecule has 1 N–H and O–H groups in total. The molecule has 1 aliphatic rings. The number of hydrogen-bond acceptors (Lipinski definition) is 3. The van der Waals surface area contributed by atoms with Crippen LogP contribution in [0.2, 0.25) is 0 Å². The van der Waals surface area contributed by atoms with Crippen LogP contribution < -0.4 is 5.32 Å². The van der Waals surface area contributed by atoms with Crippen molar-refractivity contribution in [3.05, 3.63) is 28.2 Å². The molecule has 0 spiro atoms. The summed E-state index contributed by atoms with van der Waals surface area (Å²) in [5, 5.41) is 3.04. The van der Waals surface area contributed by atoms with Gasteiger partial charge < -0.3 is 5.32 Å². The lowest BCUT2D eigenvalue weighted by Crippen LogP contribution is -2.52. The van der Waals surface area contributed by atoms with Crippen molar-refractivity contribution in [2.45, 2.75) is 17.9 Å². The molecule has 8 heteroatoms. The van der Waals surface area contributed by atoms with Crippen LogP contribution in [0.4, 0.5) is 8.78 Å². The highest BCUT2D eigenvalue weighted by molar-refractivity contribution is 9.10. The Labute approximate surface area is 119 Å². The molecule has 0 radical (unpaired) electrons. The summed E-state index contributed by atoms with van der Waals surface area (Å²) in [6.07, 6.45) is 0. The summed E-state index contributed by atoms with van der Waals surface area (Å²) < 4.78 is 53.0. The van der Waals surface area contributed by atoms with Gasteiger partial charge in [-0.2, -0.15) is 4.31 Å². The molecule has 1 unspecified atom stereocenters. The van der Waals surface area contributed by atoms with Gasteiger partial charge in [-0.05, 0) is 35.0 Å². The Hall–Kier alpha value is -0.570. The Balaban J connectivity index is 2.47. The minimum absolute atomic E-state index is 0.0997. The smallest absolute Gasteiger partial charge is 0.246 e. The van der Waals surface area contributed by atoms with Crippen molar-refractivity contribution >= 4 is 26.0 Å². The summed E-state index contributed by atoms with van der Waals surface area (Å²) in [5.74, 6) is -1.76. The maximum Gasteiger partial charge on any atom is 0.246 e. The average molecular weight is 355 g/mol. The zero-order valence-electron chi connectivity index (χ0n) is 10.2. The number of piperazine rings is 1. The van der Waals surface area contributed by atoms with Gasteiger partial charge in [-0.25, -0.2) is 17.2 Å². The zero-order valence-corrected chi connectivity index (χ0v) is 12.6. The molecule has 1 fully saturated rings. The van der Waals surface area contributed by atoms with Gasteiger partial charge in [-0.15, -0.1) is 0 Å². The highest BCUT2D eigenvalue weighted by Crippen LogP contribution is 2.26. The van der Waals surface area contributed by atoms with Crippen LogP contribution in [0.3, 0.4) is 0 Å². The molecule has 0 saturated carbocycles. The summed E-state index contributed by atoms with van der Waals surface area (Å²) in [7, 11) is -4.02. The molecule has 0 amide bonds. The highest BCUT2D eigenvalue weighted by atomic mass is 79.9. The third-order valence-corrected chi connectivity index (χ3v) is 5.64. The van der Waals surface area contributed by atoms with Crippen molar-refractivity contribution in [3.63, 3.8) is 0 Å². The maximum atomic E-state index is 13.8. The fraction of sp³-hybridized carbons (Fsp3) is 0.455. The Kier molecular flexibility index (Phi) is 4.24. The molecule has 1 saturated heterocycles. The number of rotatable bonds is 2. The minimum atomic E-state index is -4.02. The summed E-state index contributed by atoms with van der Waals surface area (Å²) in [4.78, 5) is -0.623. The largest absolute Gasteiger partial charge is 0.314 e. The van der Waals surface area contributed by atoms with Gasteiger partial charge in [-0.1, -0.05) is 0 Å². The molecule has 1 aromatic rings. The molecule has 19 heavy (non-hydrogen) atoms. The first-order valence-electron chi connectivity index (χ1n) is 5.71. The number of hydrogen-bond donors (Lipinski definition) is 1. The Morgan fingerprint density at radius 2 is 2.05 bits per heavy atom. The van der Waals surface area contributed by atoms with Gasteiger partial charge in [0.25, 0.3) is 0 Å². The van der Waals surface area contributed by atoms with E-state index in [4.69, 9.17) is 0 Å². The second-order valence-corrected chi connectivity index (χ2v) is 7.08. The summed E-state index contributed by atoms with van der Waals surface area (Å²) in [6.45, 7) is 2.93. The van der Waals surface area contributed by atoms with E-state index in [1.54, 1.807) is 6.92 Å². The van der Waals surface area contributed by atoms with Crippen LogP contribution in [0.1, 0.15) is 6.92 Å². The number of nitrogens with one attached hydrogen (secondary N) is 1. The SMILES string of the molecule is CC1CNCCN1S(=O)(=O)c1cc(F)c(Br)cc1F. The molecule has 0 aromatic heterocycles. The Morgan fingerprint density at radius 1 is 1.37 bits per heavy atom. The van der Waals surface area contributed by atoms with Gasteiger partial charge in [0.1, 0.15) is 16.5 Å². The minimum Gasteiger partial charge on any atom is -0.314 e. The summed E-state index contributed by atoms with van der Waals surface area (Å²) >= 11 is 2.82. The first-order valence-corrected chi connectivity index (χ1v) is 7.94. The van der Waals surface area contributed by atoms with Crippen LogP contribution in [0, 0.1) is 11.6 Å². The molecule has 1 aromatic carbocycles. The number of nitrogens with zero attached hydrogens (tertiary/aromatic N) is 1. The molecule has 1 atom stereocenters. The molecule has 1 aliphatic heterocycles. The quantitative estimate of drug-likeness (QED) is 0.822. The van der Waals surface area contributed by atoms with Crippen molar-refractivity contribution in [2.24, 2.45) is 0 Å². The van der Waals surface area contributed by atoms with Gasteiger partial charge >= 0.3 is 0 Å². The zero-order chi connectivity index (χ0) is 14.2. The fourth-order valence-electron chi connectivity index (χ4n) is 2.01. The topological polar surface area (TPSA) is 49.4 Å². The van der Waals surface area contributed by atoms with Gasteiger partial charge in [0, 0.05) is 25.7 Å². The Bertz CT molecular complexity index is 595. The second-order valence-electron chi connectivity index (χ2n) is 4.37. The summed E-state index contributed by atoms with van der Waals surface area (Å²) in [6, 6.07) is 1.24. The molecule has 106 valence electrons. The molecule has 0 bridgehead atoms. The van der Waals surface area contributed by atoms with E-state index >= 15 is 0 Å². The Morgan fingerprint density at radius 3 is 2.68 bits per heavy atom. The third-order valence-electron chi connectivity index (χ3n) is 3.00. The van der Waals surface area contributed by atoms with Gasteiger partial charge in [-0.3, -0.25) is 0 Å². The molecule has 1 heterocycles. The summed E-state index contributed by atoms with van der Waals surface area (Å²) in [5.41, 5.74) is 0. The predicted octanol–water partition coefficient (Wildman–Crippen LogP) is 1.71. The number of halogens is 3. The molecular formula is C11H13BrF2N2O2S.